The molecule has 3 rings (SSSR count). The van der Waals surface area contributed by atoms with Gasteiger partial charge in [0.05, 0.1) is 0 Å². The highest BCUT2D eigenvalue weighted by atomic mass is 16.2. The van der Waals surface area contributed by atoms with Crippen molar-refractivity contribution in [3.05, 3.63) is 52.8 Å². The van der Waals surface area contributed by atoms with E-state index in [9.17, 15) is 9.59 Å². The standard InChI is InChI=1S/C20H26N4O2/c1-3-5-17-14-18(22-21-17)20(26)24-12-10-23(11-13-24)19(25)16-8-6-15(4-2)7-9-16/h6-9,14H,3-5,10-13H2,1-2H3,(H,21,22). The number of benzene rings is 1. The Morgan fingerprint density at radius 2 is 1.62 bits per heavy atom. The predicted octanol–water partition coefficient (Wildman–Crippen LogP) is 2.52. The number of carbonyl (C=O) groups excluding carboxylic acids is 2. The molecule has 1 aromatic carbocycles. The van der Waals surface area contributed by atoms with Crippen molar-refractivity contribution in [2.24, 2.45) is 0 Å². The second-order valence-electron chi connectivity index (χ2n) is 6.66. The van der Waals surface area contributed by atoms with Crippen molar-refractivity contribution in [1.29, 1.82) is 0 Å². The molecule has 0 saturated carbocycles. The number of aryl methyl sites for hydroxylation is 2. The van der Waals surface area contributed by atoms with E-state index in [0.29, 0.717) is 37.4 Å². The Labute approximate surface area is 154 Å². The predicted molar refractivity (Wildman–Crippen MR) is 100 cm³/mol. The minimum absolute atomic E-state index is 0.0322. The highest BCUT2D eigenvalue weighted by molar-refractivity contribution is 5.95. The number of amides is 2. The maximum absolute atomic E-state index is 12.6. The van der Waals surface area contributed by atoms with Crippen LogP contribution in [0, 0.1) is 0 Å². The number of nitrogens with zero attached hydrogens (tertiary/aromatic N) is 3. The van der Waals surface area contributed by atoms with Crippen LogP contribution in [0.3, 0.4) is 0 Å². The molecule has 1 aliphatic rings. The molecule has 0 aliphatic carbocycles. The molecule has 0 bridgehead atoms. The van der Waals surface area contributed by atoms with E-state index >= 15 is 0 Å². The molecule has 6 heteroatoms. The molecular weight excluding hydrogens is 328 g/mol. The number of piperazine rings is 1. The lowest BCUT2D eigenvalue weighted by Crippen LogP contribution is -2.50. The molecule has 2 aromatic rings. The van der Waals surface area contributed by atoms with Crippen molar-refractivity contribution < 1.29 is 9.59 Å². The van der Waals surface area contributed by atoms with Gasteiger partial charge in [0.25, 0.3) is 11.8 Å². The number of carbonyl (C=O) groups is 2. The fourth-order valence-corrected chi connectivity index (χ4v) is 3.21. The molecule has 138 valence electrons. The van der Waals surface area contributed by atoms with Gasteiger partial charge in [-0.1, -0.05) is 32.4 Å². The lowest BCUT2D eigenvalue weighted by molar-refractivity contribution is 0.0532. The maximum Gasteiger partial charge on any atom is 0.274 e. The van der Waals surface area contributed by atoms with Crippen LogP contribution in [0.4, 0.5) is 0 Å². The summed E-state index contributed by atoms with van der Waals surface area (Å²) in [6.45, 7) is 6.35. The Morgan fingerprint density at radius 1 is 1.00 bits per heavy atom. The van der Waals surface area contributed by atoms with Gasteiger partial charge in [0.2, 0.25) is 0 Å². The van der Waals surface area contributed by atoms with Gasteiger partial charge >= 0.3 is 0 Å². The van der Waals surface area contributed by atoms with Crippen LogP contribution in [0.1, 0.15) is 52.4 Å². The first-order valence-corrected chi connectivity index (χ1v) is 9.34. The summed E-state index contributed by atoms with van der Waals surface area (Å²) in [4.78, 5) is 28.8. The van der Waals surface area contributed by atoms with E-state index in [1.165, 1.54) is 5.56 Å². The molecule has 1 saturated heterocycles. The van der Waals surface area contributed by atoms with Gasteiger partial charge in [0.15, 0.2) is 0 Å². The summed E-state index contributed by atoms with van der Waals surface area (Å²) in [5.41, 5.74) is 3.38. The van der Waals surface area contributed by atoms with E-state index < -0.39 is 0 Å². The first-order chi connectivity index (χ1) is 12.6. The molecule has 2 heterocycles. The summed E-state index contributed by atoms with van der Waals surface area (Å²) in [5, 5.41) is 7.05. The Hall–Kier alpha value is -2.63. The van der Waals surface area contributed by atoms with E-state index in [1.807, 2.05) is 35.2 Å². The third-order valence-electron chi connectivity index (χ3n) is 4.83. The van der Waals surface area contributed by atoms with E-state index in [0.717, 1.165) is 25.0 Å². The average molecular weight is 354 g/mol. The van der Waals surface area contributed by atoms with Crippen LogP contribution in [0.2, 0.25) is 0 Å². The molecule has 0 unspecified atom stereocenters. The van der Waals surface area contributed by atoms with Gasteiger partial charge < -0.3 is 9.80 Å². The molecule has 2 amide bonds. The zero-order valence-electron chi connectivity index (χ0n) is 15.5. The Morgan fingerprint density at radius 3 is 2.19 bits per heavy atom. The summed E-state index contributed by atoms with van der Waals surface area (Å²) >= 11 is 0. The molecule has 1 N–H and O–H groups in total. The van der Waals surface area contributed by atoms with Gasteiger partial charge in [-0.05, 0) is 36.6 Å². The Balaban J connectivity index is 1.57. The lowest BCUT2D eigenvalue weighted by Gasteiger charge is -2.34. The van der Waals surface area contributed by atoms with Gasteiger partial charge in [0.1, 0.15) is 5.69 Å². The molecule has 0 atom stereocenters. The maximum atomic E-state index is 12.6. The summed E-state index contributed by atoms with van der Waals surface area (Å²) in [7, 11) is 0. The Bertz CT molecular complexity index is 758. The highest BCUT2D eigenvalue weighted by Crippen LogP contribution is 2.13. The second-order valence-corrected chi connectivity index (χ2v) is 6.66. The van der Waals surface area contributed by atoms with Crippen molar-refractivity contribution in [2.45, 2.75) is 33.1 Å². The van der Waals surface area contributed by atoms with Gasteiger partial charge in [-0.25, -0.2) is 0 Å². The van der Waals surface area contributed by atoms with Crippen molar-refractivity contribution in [1.82, 2.24) is 20.0 Å². The summed E-state index contributed by atoms with van der Waals surface area (Å²) in [5.74, 6) is -0.0345. The number of H-pyrrole nitrogens is 1. The van der Waals surface area contributed by atoms with Crippen molar-refractivity contribution >= 4 is 11.8 Å². The Kier molecular flexibility index (Phi) is 5.71. The third-order valence-corrected chi connectivity index (χ3v) is 4.83. The zero-order valence-corrected chi connectivity index (χ0v) is 15.5. The molecule has 6 nitrogen and oxygen atoms in total. The first kappa shape index (κ1) is 18.2. The van der Waals surface area contributed by atoms with Gasteiger partial charge in [-0.3, -0.25) is 14.7 Å². The first-order valence-electron chi connectivity index (χ1n) is 9.34. The van der Waals surface area contributed by atoms with E-state index in [4.69, 9.17) is 0 Å². The lowest BCUT2D eigenvalue weighted by atomic mass is 10.1. The normalized spacial score (nSPS) is 14.5. The minimum Gasteiger partial charge on any atom is -0.335 e. The van der Waals surface area contributed by atoms with E-state index in [1.54, 1.807) is 4.90 Å². The SMILES string of the molecule is CCCc1cc(C(=O)N2CCN(C(=O)c3ccc(CC)cc3)CC2)n[nH]1. The van der Waals surface area contributed by atoms with Crippen LogP contribution in [0.25, 0.3) is 0 Å². The number of rotatable bonds is 5. The molecule has 0 radical (unpaired) electrons. The summed E-state index contributed by atoms with van der Waals surface area (Å²) < 4.78 is 0. The third kappa shape index (κ3) is 3.95. The summed E-state index contributed by atoms with van der Waals surface area (Å²) in [6.07, 6.45) is 2.86. The average Bonchev–Trinajstić information content (AvgIpc) is 3.16. The smallest absolute Gasteiger partial charge is 0.274 e. The fourth-order valence-electron chi connectivity index (χ4n) is 3.21. The monoisotopic (exact) mass is 354 g/mol. The van der Waals surface area contributed by atoms with Crippen LogP contribution in [-0.4, -0.2) is 58.0 Å². The highest BCUT2D eigenvalue weighted by Gasteiger charge is 2.26. The number of aromatic nitrogens is 2. The van der Waals surface area contributed by atoms with Gasteiger partial charge in [-0.15, -0.1) is 0 Å². The molecule has 26 heavy (non-hydrogen) atoms. The zero-order chi connectivity index (χ0) is 18.5. The topological polar surface area (TPSA) is 69.3 Å². The van der Waals surface area contributed by atoms with Crippen LogP contribution >= 0.6 is 0 Å². The van der Waals surface area contributed by atoms with Crippen molar-refractivity contribution in [3.8, 4) is 0 Å². The van der Waals surface area contributed by atoms with Crippen LogP contribution in [0.15, 0.2) is 30.3 Å². The molecule has 0 spiro atoms. The van der Waals surface area contributed by atoms with Crippen LogP contribution < -0.4 is 0 Å². The summed E-state index contributed by atoms with van der Waals surface area (Å²) in [6, 6.07) is 9.60. The molecule has 1 fully saturated rings. The number of nitrogens with one attached hydrogen (secondary N) is 1. The van der Waals surface area contributed by atoms with Crippen molar-refractivity contribution in [2.75, 3.05) is 26.2 Å². The number of hydrogen-bond acceptors (Lipinski definition) is 3. The van der Waals surface area contributed by atoms with Crippen molar-refractivity contribution in [3.63, 3.8) is 0 Å². The fraction of sp³-hybridized carbons (Fsp3) is 0.450. The number of hydrogen-bond donors (Lipinski definition) is 1. The van der Waals surface area contributed by atoms with Crippen LogP contribution in [0.5, 0.6) is 0 Å². The molecule has 1 aromatic heterocycles. The number of aromatic amines is 1. The van der Waals surface area contributed by atoms with Crippen LogP contribution in [-0.2, 0) is 12.8 Å². The second kappa shape index (κ2) is 8.17. The molecule has 1 aliphatic heterocycles. The quantitative estimate of drug-likeness (QED) is 0.897. The largest absolute Gasteiger partial charge is 0.335 e. The molecular formula is C20H26N4O2. The van der Waals surface area contributed by atoms with E-state index in [-0.39, 0.29) is 11.8 Å². The van der Waals surface area contributed by atoms with E-state index in [2.05, 4.69) is 24.0 Å². The minimum atomic E-state index is -0.0667. The van der Waals surface area contributed by atoms with Gasteiger partial charge in [-0.2, -0.15) is 5.10 Å². The van der Waals surface area contributed by atoms with Gasteiger partial charge in [0, 0.05) is 37.4 Å².